The summed E-state index contributed by atoms with van der Waals surface area (Å²) in [5.74, 6) is 0.299. The molecule has 4 heteroatoms. The lowest BCUT2D eigenvalue weighted by atomic mass is 10.0. The number of carbonyl (C=O) groups is 1. The molecule has 1 N–H and O–H groups in total. The normalized spacial score (nSPS) is 25.9. The maximum Gasteiger partial charge on any atom is 0.312 e. The van der Waals surface area contributed by atoms with Crippen molar-refractivity contribution < 1.29 is 14.3 Å². The van der Waals surface area contributed by atoms with Crippen LogP contribution in [0.5, 0.6) is 0 Å². The number of nitrogens with one attached hydrogen (secondary N) is 1. The number of hydrogen-bond acceptors (Lipinski definition) is 4. The monoisotopic (exact) mass is 215 g/mol. The molecule has 0 bridgehead atoms. The van der Waals surface area contributed by atoms with E-state index in [1.54, 1.807) is 0 Å². The fourth-order valence-corrected chi connectivity index (χ4v) is 1.57. The molecule has 1 heterocycles. The van der Waals surface area contributed by atoms with E-state index in [9.17, 15) is 4.79 Å². The highest BCUT2D eigenvalue weighted by Crippen LogP contribution is 2.15. The van der Waals surface area contributed by atoms with Gasteiger partial charge in [-0.15, -0.1) is 0 Å². The Hall–Kier alpha value is -0.610. The van der Waals surface area contributed by atoms with E-state index in [0.29, 0.717) is 25.7 Å². The first-order chi connectivity index (χ1) is 7.15. The quantitative estimate of drug-likeness (QED) is 0.689. The zero-order valence-corrected chi connectivity index (χ0v) is 9.79. The van der Waals surface area contributed by atoms with Gasteiger partial charge in [-0.1, -0.05) is 13.8 Å². The van der Waals surface area contributed by atoms with Crippen LogP contribution < -0.4 is 5.32 Å². The average molecular weight is 215 g/mol. The summed E-state index contributed by atoms with van der Waals surface area (Å²) in [6.45, 7) is 5.82. The molecule has 0 amide bonds. The highest BCUT2D eigenvalue weighted by atomic mass is 16.5. The van der Waals surface area contributed by atoms with Crippen LogP contribution in [0, 0.1) is 11.8 Å². The third kappa shape index (κ3) is 3.80. The summed E-state index contributed by atoms with van der Waals surface area (Å²) in [4.78, 5) is 11.7. The molecule has 2 unspecified atom stereocenters. The molecule has 0 aromatic rings. The van der Waals surface area contributed by atoms with E-state index >= 15 is 0 Å². The molecule has 0 aromatic carbocycles. The zero-order chi connectivity index (χ0) is 11.3. The molecular formula is C11H21NO3. The number of likely N-dealkylation sites (N-methyl/N-ethyl adjacent to an activating group) is 1. The smallest absolute Gasteiger partial charge is 0.312 e. The van der Waals surface area contributed by atoms with Gasteiger partial charge in [-0.2, -0.15) is 0 Å². The van der Waals surface area contributed by atoms with Crippen LogP contribution in [0.25, 0.3) is 0 Å². The van der Waals surface area contributed by atoms with Gasteiger partial charge in [-0.3, -0.25) is 4.79 Å². The third-order valence-corrected chi connectivity index (χ3v) is 2.69. The van der Waals surface area contributed by atoms with Gasteiger partial charge in [0.2, 0.25) is 0 Å². The second-order valence-electron chi connectivity index (χ2n) is 4.39. The lowest BCUT2D eigenvalue weighted by Gasteiger charge is -2.15. The molecule has 0 radical (unpaired) electrons. The molecule has 1 fully saturated rings. The molecule has 4 nitrogen and oxygen atoms in total. The summed E-state index contributed by atoms with van der Waals surface area (Å²) in [5, 5.41) is 3.07. The van der Waals surface area contributed by atoms with E-state index in [4.69, 9.17) is 9.47 Å². The van der Waals surface area contributed by atoms with Gasteiger partial charge in [0.25, 0.3) is 0 Å². The van der Waals surface area contributed by atoms with Gasteiger partial charge < -0.3 is 14.8 Å². The van der Waals surface area contributed by atoms with E-state index in [0.717, 1.165) is 6.42 Å². The second-order valence-corrected chi connectivity index (χ2v) is 4.39. The fourth-order valence-electron chi connectivity index (χ4n) is 1.57. The van der Waals surface area contributed by atoms with Gasteiger partial charge >= 0.3 is 5.97 Å². The minimum atomic E-state index is -0.137. The Morgan fingerprint density at radius 2 is 2.27 bits per heavy atom. The molecule has 1 aliphatic heterocycles. The number of ether oxygens (including phenoxy) is 2. The first-order valence-corrected chi connectivity index (χ1v) is 5.56. The fraction of sp³-hybridized carbons (Fsp3) is 0.909. The Bertz CT molecular complexity index is 206. The Balaban J connectivity index is 2.27. The van der Waals surface area contributed by atoms with Crippen LogP contribution in [0.1, 0.15) is 20.3 Å². The van der Waals surface area contributed by atoms with Gasteiger partial charge in [0.1, 0.15) is 0 Å². The second kappa shape index (κ2) is 6.08. The summed E-state index contributed by atoms with van der Waals surface area (Å²) in [5.41, 5.74) is 0. The molecule has 0 aliphatic carbocycles. The minimum absolute atomic E-state index is 0.108. The highest BCUT2D eigenvalue weighted by molar-refractivity contribution is 5.73. The standard InChI is InChI=1S/C11H21NO3/c1-8(2)4-5-15-11(13)9-6-14-7-10(9)12-3/h8-10,12H,4-7H2,1-3H3. The average Bonchev–Trinajstić information content (AvgIpc) is 2.64. The molecule has 1 saturated heterocycles. The molecule has 2 atom stereocenters. The maximum absolute atomic E-state index is 11.7. The Morgan fingerprint density at radius 1 is 1.53 bits per heavy atom. The van der Waals surface area contributed by atoms with Crippen LogP contribution in [0.2, 0.25) is 0 Å². The molecule has 1 rings (SSSR count). The number of hydrogen-bond donors (Lipinski definition) is 1. The maximum atomic E-state index is 11.7. The van der Waals surface area contributed by atoms with Gasteiger partial charge in [0.15, 0.2) is 0 Å². The topological polar surface area (TPSA) is 47.6 Å². The van der Waals surface area contributed by atoms with Gasteiger partial charge in [0.05, 0.1) is 25.7 Å². The Labute approximate surface area is 91.3 Å². The Morgan fingerprint density at radius 3 is 2.87 bits per heavy atom. The molecule has 0 aromatic heterocycles. The summed E-state index contributed by atoms with van der Waals surface area (Å²) in [6, 6.07) is 0.108. The largest absolute Gasteiger partial charge is 0.465 e. The number of esters is 1. The molecule has 0 spiro atoms. The highest BCUT2D eigenvalue weighted by Gasteiger charge is 2.34. The van der Waals surface area contributed by atoms with Crippen molar-refractivity contribution in [2.24, 2.45) is 11.8 Å². The SMILES string of the molecule is CNC1COCC1C(=O)OCCC(C)C. The summed E-state index contributed by atoms with van der Waals surface area (Å²) >= 11 is 0. The predicted molar refractivity (Wildman–Crippen MR) is 57.6 cm³/mol. The number of carbonyl (C=O) groups excluding carboxylic acids is 1. The van der Waals surface area contributed by atoms with Crippen LogP contribution in [0.3, 0.4) is 0 Å². The summed E-state index contributed by atoms with van der Waals surface area (Å²) < 4.78 is 10.5. The number of rotatable bonds is 5. The Kier molecular flexibility index (Phi) is 5.05. The van der Waals surface area contributed by atoms with Crippen LogP contribution in [0.4, 0.5) is 0 Å². The zero-order valence-electron chi connectivity index (χ0n) is 9.79. The van der Waals surface area contributed by atoms with E-state index in [2.05, 4.69) is 19.2 Å². The van der Waals surface area contributed by atoms with Crippen LogP contribution in [-0.2, 0) is 14.3 Å². The van der Waals surface area contributed by atoms with Crippen molar-refractivity contribution in [3.63, 3.8) is 0 Å². The molecule has 0 saturated carbocycles. The minimum Gasteiger partial charge on any atom is -0.465 e. The van der Waals surface area contributed by atoms with Crippen molar-refractivity contribution in [1.82, 2.24) is 5.32 Å². The van der Waals surface area contributed by atoms with Crippen LogP contribution in [-0.4, -0.2) is 38.9 Å². The summed E-state index contributed by atoms with van der Waals surface area (Å²) in [7, 11) is 1.84. The van der Waals surface area contributed by atoms with Gasteiger partial charge in [-0.05, 0) is 19.4 Å². The van der Waals surface area contributed by atoms with Crippen molar-refractivity contribution in [3.05, 3.63) is 0 Å². The lowest BCUT2D eigenvalue weighted by molar-refractivity contribution is -0.149. The van der Waals surface area contributed by atoms with E-state index in [1.165, 1.54) is 0 Å². The first kappa shape index (κ1) is 12.5. The van der Waals surface area contributed by atoms with Crippen molar-refractivity contribution in [2.45, 2.75) is 26.3 Å². The van der Waals surface area contributed by atoms with Crippen molar-refractivity contribution in [1.29, 1.82) is 0 Å². The van der Waals surface area contributed by atoms with Crippen molar-refractivity contribution in [3.8, 4) is 0 Å². The van der Waals surface area contributed by atoms with Crippen LogP contribution >= 0.6 is 0 Å². The van der Waals surface area contributed by atoms with E-state index in [1.807, 2.05) is 7.05 Å². The van der Waals surface area contributed by atoms with E-state index in [-0.39, 0.29) is 17.9 Å². The predicted octanol–water partition coefficient (Wildman–Crippen LogP) is 0.810. The first-order valence-electron chi connectivity index (χ1n) is 5.56. The van der Waals surface area contributed by atoms with Crippen LogP contribution in [0.15, 0.2) is 0 Å². The van der Waals surface area contributed by atoms with Gasteiger partial charge in [0, 0.05) is 6.04 Å². The van der Waals surface area contributed by atoms with Crippen molar-refractivity contribution >= 4 is 5.97 Å². The molecule has 15 heavy (non-hydrogen) atoms. The molecule has 1 aliphatic rings. The van der Waals surface area contributed by atoms with Crippen molar-refractivity contribution in [2.75, 3.05) is 26.9 Å². The third-order valence-electron chi connectivity index (χ3n) is 2.69. The lowest BCUT2D eigenvalue weighted by Crippen LogP contribution is -2.38. The molecular weight excluding hydrogens is 194 g/mol. The van der Waals surface area contributed by atoms with Gasteiger partial charge in [-0.25, -0.2) is 0 Å². The van der Waals surface area contributed by atoms with E-state index < -0.39 is 0 Å². The molecule has 88 valence electrons. The summed E-state index contributed by atoms with van der Waals surface area (Å²) in [6.07, 6.45) is 0.920.